The van der Waals surface area contributed by atoms with Crippen molar-refractivity contribution in [1.29, 1.82) is 0 Å². The lowest BCUT2D eigenvalue weighted by Gasteiger charge is -2.38. The van der Waals surface area contributed by atoms with Gasteiger partial charge in [-0.25, -0.2) is 0 Å². The molecule has 0 radical (unpaired) electrons. The predicted octanol–water partition coefficient (Wildman–Crippen LogP) is 3.24. The van der Waals surface area contributed by atoms with Crippen LogP contribution in [0.15, 0.2) is 11.8 Å². The van der Waals surface area contributed by atoms with Crippen molar-refractivity contribution in [1.82, 2.24) is 5.32 Å². The molecule has 1 heterocycles. The molecule has 1 fully saturated rings. The second kappa shape index (κ2) is 5.22. The van der Waals surface area contributed by atoms with E-state index < -0.39 is 0 Å². The fourth-order valence-corrected chi connectivity index (χ4v) is 3.45. The third-order valence-corrected chi connectivity index (χ3v) is 4.45. The normalized spacial score (nSPS) is 26.0. The molecule has 1 atom stereocenters. The van der Waals surface area contributed by atoms with E-state index in [0.717, 1.165) is 6.61 Å². The first-order chi connectivity index (χ1) is 7.82. The molecule has 1 unspecified atom stereocenters. The molecule has 0 amide bonds. The molecule has 1 saturated carbocycles. The second-order valence-corrected chi connectivity index (χ2v) is 5.24. The minimum Gasteiger partial charge on any atom is -0.497 e. The van der Waals surface area contributed by atoms with Gasteiger partial charge in [0, 0.05) is 0 Å². The number of likely N-dealkylation sites (N-methyl/N-ethyl adjacent to an activating group) is 1. The van der Waals surface area contributed by atoms with Crippen molar-refractivity contribution < 1.29 is 4.74 Å². The first-order valence-corrected chi connectivity index (χ1v) is 6.82. The van der Waals surface area contributed by atoms with Crippen LogP contribution in [0, 0.1) is 5.41 Å². The summed E-state index contributed by atoms with van der Waals surface area (Å²) < 4.78 is 5.87. The minimum atomic E-state index is 0.445. The Balaban J connectivity index is 2.16. The highest BCUT2D eigenvalue weighted by Gasteiger charge is 2.41. The SMILES string of the molecule is CCC1(C(NC)C2=CCCCO2)CCCC1. The molecule has 92 valence electrons. The summed E-state index contributed by atoms with van der Waals surface area (Å²) in [6, 6.07) is 0.445. The maximum absolute atomic E-state index is 5.87. The highest BCUT2D eigenvalue weighted by Crippen LogP contribution is 2.46. The van der Waals surface area contributed by atoms with Crippen molar-refractivity contribution in [2.24, 2.45) is 5.41 Å². The van der Waals surface area contributed by atoms with Crippen molar-refractivity contribution in [3.63, 3.8) is 0 Å². The molecule has 2 aliphatic rings. The number of hydrogen-bond donors (Lipinski definition) is 1. The van der Waals surface area contributed by atoms with E-state index in [1.165, 1.54) is 50.7 Å². The molecule has 1 aliphatic carbocycles. The van der Waals surface area contributed by atoms with E-state index in [-0.39, 0.29) is 0 Å². The maximum atomic E-state index is 5.87. The van der Waals surface area contributed by atoms with Crippen molar-refractivity contribution in [3.05, 3.63) is 11.8 Å². The Labute approximate surface area is 99.4 Å². The van der Waals surface area contributed by atoms with Gasteiger partial charge in [-0.05, 0) is 50.6 Å². The molecule has 0 saturated heterocycles. The van der Waals surface area contributed by atoms with E-state index in [9.17, 15) is 0 Å². The Morgan fingerprint density at radius 2 is 2.12 bits per heavy atom. The monoisotopic (exact) mass is 223 g/mol. The fraction of sp³-hybridized carbons (Fsp3) is 0.857. The standard InChI is InChI=1S/C14H25NO/c1-3-14(9-5-6-10-14)13(15-2)12-8-4-7-11-16-12/h8,13,15H,3-7,9-11H2,1-2H3. The van der Waals surface area contributed by atoms with Gasteiger partial charge in [0.2, 0.25) is 0 Å². The van der Waals surface area contributed by atoms with Crippen molar-refractivity contribution >= 4 is 0 Å². The number of hydrogen-bond acceptors (Lipinski definition) is 2. The Hall–Kier alpha value is -0.500. The highest BCUT2D eigenvalue weighted by molar-refractivity contribution is 5.13. The van der Waals surface area contributed by atoms with Gasteiger partial charge in [-0.3, -0.25) is 0 Å². The molecular weight excluding hydrogens is 198 g/mol. The topological polar surface area (TPSA) is 21.3 Å². The van der Waals surface area contributed by atoms with Crippen LogP contribution in [0.4, 0.5) is 0 Å². The Morgan fingerprint density at radius 3 is 2.62 bits per heavy atom. The summed E-state index contributed by atoms with van der Waals surface area (Å²) in [5.74, 6) is 1.22. The van der Waals surface area contributed by atoms with Gasteiger partial charge in [-0.2, -0.15) is 0 Å². The second-order valence-electron chi connectivity index (χ2n) is 5.24. The first kappa shape index (κ1) is 12.0. The maximum Gasteiger partial charge on any atom is 0.109 e. The summed E-state index contributed by atoms with van der Waals surface area (Å²) in [5.41, 5.74) is 0.456. The van der Waals surface area contributed by atoms with Gasteiger partial charge in [0.05, 0.1) is 12.6 Å². The van der Waals surface area contributed by atoms with Gasteiger partial charge >= 0.3 is 0 Å². The predicted molar refractivity (Wildman–Crippen MR) is 67.3 cm³/mol. The van der Waals surface area contributed by atoms with Gasteiger partial charge in [0.15, 0.2) is 0 Å². The lowest BCUT2D eigenvalue weighted by Crippen LogP contribution is -2.44. The summed E-state index contributed by atoms with van der Waals surface area (Å²) in [6.07, 6.45) is 11.4. The zero-order valence-corrected chi connectivity index (χ0v) is 10.7. The van der Waals surface area contributed by atoms with Crippen LogP contribution in [-0.4, -0.2) is 19.7 Å². The molecule has 0 aromatic carbocycles. The molecule has 2 nitrogen and oxygen atoms in total. The van der Waals surface area contributed by atoms with Gasteiger partial charge in [0.1, 0.15) is 5.76 Å². The van der Waals surface area contributed by atoms with Gasteiger partial charge in [0.25, 0.3) is 0 Å². The zero-order chi connectivity index (χ0) is 11.4. The summed E-state index contributed by atoms with van der Waals surface area (Å²) in [5, 5.41) is 3.51. The lowest BCUT2D eigenvalue weighted by molar-refractivity contribution is 0.111. The van der Waals surface area contributed by atoms with Crippen molar-refractivity contribution in [3.8, 4) is 0 Å². The molecule has 1 N–H and O–H groups in total. The summed E-state index contributed by atoms with van der Waals surface area (Å²) >= 11 is 0. The van der Waals surface area contributed by atoms with Crippen LogP contribution in [-0.2, 0) is 4.74 Å². The Kier molecular flexibility index (Phi) is 3.91. The van der Waals surface area contributed by atoms with Gasteiger partial charge < -0.3 is 10.1 Å². The third kappa shape index (κ3) is 2.13. The Bertz CT molecular complexity index is 253. The van der Waals surface area contributed by atoms with E-state index in [2.05, 4.69) is 25.4 Å². The van der Waals surface area contributed by atoms with E-state index in [1.807, 2.05) is 0 Å². The smallest absolute Gasteiger partial charge is 0.109 e. The molecule has 0 bridgehead atoms. The first-order valence-electron chi connectivity index (χ1n) is 6.82. The van der Waals surface area contributed by atoms with Crippen LogP contribution in [0.3, 0.4) is 0 Å². The van der Waals surface area contributed by atoms with Crippen LogP contribution in [0.1, 0.15) is 51.9 Å². The molecule has 16 heavy (non-hydrogen) atoms. The molecular formula is C14H25NO. The molecule has 1 aliphatic heterocycles. The summed E-state index contributed by atoms with van der Waals surface area (Å²) in [7, 11) is 2.08. The van der Waals surface area contributed by atoms with Gasteiger partial charge in [-0.1, -0.05) is 19.8 Å². The molecule has 0 aromatic heterocycles. The number of ether oxygens (including phenoxy) is 1. The summed E-state index contributed by atoms with van der Waals surface area (Å²) in [6.45, 7) is 3.24. The highest BCUT2D eigenvalue weighted by atomic mass is 16.5. The van der Waals surface area contributed by atoms with Crippen LogP contribution in [0.5, 0.6) is 0 Å². The fourth-order valence-electron chi connectivity index (χ4n) is 3.45. The quantitative estimate of drug-likeness (QED) is 0.790. The summed E-state index contributed by atoms with van der Waals surface area (Å²) in [4.78, 5) is 0. The third-order valence-electron chi connectivity index (χ3n) is 4.45. The zero-order valence-electron chi connectivity index (χ0n) is 10.7. The average Bonchev–Trinajstić information content (AvgIpc) is 2.81. The van der Waals surface area contributed by atoms with E-state index in [0.29, 0.717) is 11.5 Å². The minimum absolute atomic E-state index is 0.445. The van der Waals surface area contributed by atoms with Crippen LogP contribution in [0.25, 0.3) is 0 Å². The number of rotatable bonds is 4. The van der Waals surface area contributed by atoms with Crippen LogP contribution in [0.2, 0.25) is 0 Å². The molecule has 2 heteroatoms. The van der Waals surface area contributed by atoms with Crippen LogP contribution < -0.4 is 5.32 Å². The van der Waals surface area contributed by atoms with Crippen LogP contribution >= 0.6 is 0 Å². The number of allylic oxidation sites excluding steroid dienone is 1. The molecule has 2 rings (SSSR count). The van der Waals surface area contributed by atoms with Gasteiger partial charge in [-0.15, -0.1) is 0 Å². The lowest BCUT2D eigenvalue weighted by atomic mass is 9.75. The van der Waals surface area contributed by atoms with E-state index >= 15 is 0 Å². The van der Waals surface area contributed by atoms with Crippen molar-refractivity contribution in [2.75, 3.05) is 13.7 Å². The Morgan fingerprint density at radius 1 is 1.38 bits per heavy atom. The van der Waals surface area contributed by atoms with Crippen molar-refractivity contribution in [2.45, 2.75) is 57.9 Å². The number of nitrogens with one attached hydrogen (secondary N) is 1. The molecule has 0 aromatic rings. The van der Waals surface area contributed by atoms with E-state index in [4.69, 9.17) is 4.74 Å². The largest absolute Gasteiger partial charge is 0.497 e. The molecule has 0 spiro atoms. The van der Waals surface area contributed by atoms with E-state index in [1.54, 1.807) is 0 Å². The average molecular weight is 223 g/mol.